The predicted octanol–water partition coefficient (Wildman–Crippen LogP) is 2.23. The Hall–Kier alpha value is -1.20. The van der Waals surface area contributed by atoms with Crippen LogP contribution in [-0.4, -0.2) is 35.3 Å². The second kappa shape index (κ2) is 7.55. The molecule has 2 heterocycles. The Morgan fingerprint density at radius 2 is 2.30 bits per heavy atom. The fourth-order valence-corrected chi connectivity index (χ4v) is 2.13. The van der Waals surface area contributed by atoms with Crippen molar-refractivity contribution in [3.63, 3.8) is 0 Å². The summed E-state index contributed by atoms with van der Waals surface area (Å²) in [4.78, 5) is 8.68. The van der Waals surface area contributed by atoms with Crippen molar-refractivity contribution in [2.45, 2.75) is 58.7 Å². The molecule has 0 aliphatic carbocycles. The van der Waals surface area contributed by atoms with Crippen molar-refractivity contribution in [3.05, 3.63) is 17.5 Å². The lowest BCUT2D eigenvalue weighted by Gasteiger charge is -2.22. The molecule has 0 amide bonds. The monoisotopic (exact) mass is 279 g/mol. The van der Waals surface area contributed by atoms with Gasteiger partial charge in [0.05, 0.1) is 6.10 Å². The second-order valence-electron chi connectivity index (χ2n) is 5.60. The average Bonchev–Trinajstić information content (AvgIpc) is 2.45. The molecule has 0 saturated carbocycles. The summed E-state index contributed by atoms with van der Waals surface area (Å²) in [7, 11) is 0. The van der Waals surface area contributed by atoms with Gasteiger partial charge in [0.25, 0.3) is 0 Å². The molecule has 20 heavy (non-hydrogen) atoms. The van der Waals surface area contributed by atoms with Crippen LogP contribution in [0.2, 0.25) is 0 Å². The van der Waals surface area contributed by atoms with E-state index >= 15 is 0 Å². The van der Waals surface area contributed by atoms with E-state index in [-0.39, 0.29) is 6.10 Å². The van der Waals surface area contributed by atoms with Crippen LogP contribution in [0, 0.1) is 6.92 Å². The van der Waals surface area contributed by atoms with E-state index in [1.807, 2.05) is 13.1 Å². The van der Waals surface area contributed by atoms with E-state index in [0.717, 1.165) is 37.3 Å². The number of nitrogens with zero attached hydrogens (tertiary/aromatic N) is 2. The summed E-state index contributed by atoms with van der Waals surface area (Å²) < 4.78 is 11.3. The lowest BCUT2D eigenvalue weighted by Crippen LogP contribution is -2.26. The van der Waals surface area contributed by atoms with E-state index in [1.54, 1.807) is 0 Å². The van der Waals surface area contributed by atoms with Crippen LogP contribution < -0.4 is 10.1 Å². The summed E-state index contributed by atoms with van der Waals surface area (Å²) in [6.07, 6.45) is 5.47. The third-order valence-corrected chi connectivity index (χ3v) is 3.43. The van der Waals surface area contributed by atoms with Gasteiger partial charge in [-0.05, 0) is 26.2 Å². The normalized spacial score (nSPS) is 19.3. The molecule has 2 rings (SSSR count). The minimum atomic E-state index is 0.190. The minimum absolute atomic E-state index is 0.190. The molecule has 5 nitrogen and oxygen atoms in total. The summed E-state index contributed by atoms with van der Waals surface area (Å²) in [5, 5.41) is 3.36. The molecule has 0 radical (unpaired) electrons. The second-order valence-corrected chi connectivity index (χ2v) is 5.60. The fraction of sp³-hybridized carbons (Fsp3) is 0.733. The predicted molar refractivity (Wildman–Crippen MR) is 77.8 cm³/mol. The first kappa shape index (κ1) is 15.2. The highest BCUT2D eigenvalue weighted by Gasteiger charge is 2.15. The molecule has 1 atom stereocenters. The van der Waals surface area contributed by atoms with E-state index in [2.05, 4.69) is 29.1 Å². The molecular formula is C15H25N3O2. The molecule has 1 aliphatic heterocycles. The summed E-state index contributed by atoms with van der Waals surface area (Å²) in [6.45, 7) is 8.41. The lowest BCUT2D eigenvalue weighted by molar-refractivity contribution is -0.0129. The van der Waals surface area contributed by atoms with Crippen molar-refractivity contribution in [1.29, 1.82) is 0 Å². The van der Waals surface area contributed by atoms with Gasteiger partial charge in [-0.3, -0.25) is 0 Å². The Bertz CT molecular complexity index is 418. The minimum Gasteiger partial charge on any atom is -0.461 e. The van der Waals surface area contributed by atoms with Crippen LogP contribution in [0.5, 0.6) is 6.01 Å². The molecule has 1 unspecified atom stereocenters. The van der Waals surface area contributed by atoms with Gasteiger partial charge in [-0.2, -0.15) is 0 Å². The molecule has 1 saturated heterocycles. The third kappa shape index (κ3) is 4.72. The molecule has 1 aromatic heterocycles. The van der Waals surface area contributed by atoms with Gasteiger partial charge in [0, 0.05) is 36.6 Å². The maximum absolute atomic E-state index is 5.64. The van der Waals surface area contributed by atoms with Crippen molar-refractivity contribution < 1.29 is 9.47 Å². The third-order valence-electron chi connectivity index (χ3n) is 3.43. The SMILES string of the molecule is Cc1nc(OCC2CCCCO2)ncc1CNC(C)C. The highest BCUT2D eigenvalue weighted by atomic mass is 16.5. The first-order valence-corrected chi connectivity index (χ1v) is 7.45. The van der Waals surface area contributed by atoms with Crippen molar-refractivity contribution in [1.82, 2.24) is 15.3 Å². The molecular weight excluding hydrogens is 254 g/mol. The van der Waals surface area contributed by atoms with Crippen LogP contribution >= 0.6 is 0 Å². The molecule has 112 valence electrons. The van der Waals surface area contributed by atoms with Crippen LogP contribution in [0.3, 0.4) is 0 Å². The maximum atomic E-state index is 5.64. The Morgan fingerprint density at radius 3 is 2.95 bits per heavy atom. The zero-order valence-electron chi connectivity index (χ0n) is 12.7. The fourth-order valence-electron chi connectivity index (χ4n) is 2.13. The smallest absolute Gasteiger partial charge is 0.316 e. The number of rotatable bonds is 6. The molecule has 0 aromatic carbocycles. The topological polar surface area (TPSA) is 56.3 Å². The molecule has 0 spiro atoms. The van der Waals surface area contributed by atoms with Crippen molar-refractivity contribution in [3.8, 4) is 6.01 Å². The Kier molecular flexibility index (Phi) is 5.73. The number of hydrogen-bond donors (Lipinski definition) is 1. The van der Waals surface area contributed by atoms with Crippen molar-refractivity contribution >= 4 is 0 Å². The van der Waals surface area contributed by atoms with Crippen LogP contribution in [0.1, 0.15) is 44.4 Å². The van der Waals surface area contributed by atoms with Gasteiger partial charge in [0.1, 0.15) is 6.61 Å². The van der Waals surface area contributed by atoms with Gasteiger partial charge in [-0.15, -0.1) is 0 Å². The van der Waals surface area contributed by atoms with Crippen LogP contribution in [0.15, 0.2) is 6.20 Å². The van der Waals surface area contributed by atoms with E-state index in [0.29, 0.717) is 18.7 Å². The summed E-state index contributed by atoms with van der Waals surface area (Å²) in [5.41, 5.74) is 2.08. The first-order valence-electron chi connectivity index (χ1n) is 7.45. The summed E-state index contributed by atoms with van der Waals surface area (Å²) >= 11 is 0. The quantitative estimate of drug-likeness (QED) is 0.865. The van der Waals surface area contributed by atoms with Crippen LogP contribution in [0.25, 0.3) is 0 Å². The van der Waals surface area contributed by atoms with Crippen LogP contribution in [0.4, 0.5) is 0 Å². The molecule has 1 N–H and O–H groups in total. The number of ether oxygens (including phenoxy) is 2. The molecule has 1 fully saturated rings. The van der Waals surface area contributed by atoms with E-state index in [1.165, 1.54) is 6.42 Å². The van der Waals surface area contributed by atoms with E-state index in [4.69, 9.17) is 9.47 Å². The number of hydrogen-bond acceptors (Lipinski definition) is 5. The molecule has 1 aliphatic rings. The van der Waals surface area contributed by atoms with Crippen molar-refractivity contribution in [2.75, 3.05) is 13.2 Å². The van der Waals surface area contributed by atoms with Gasteiger partial charge in [-0.1, -0.05) is 13.8 Å². The Morgan fingerprint density at radius 1 is 1.45 bits per heavy atom. The average molecular weight is 279 g/mol. The zero-order chi connectivity index (χ0) is 14.4. The Balaban J connectivity index is 1.84. The summed E-state index contributed by atoms with van der Waals surface area (Å²) in [5.74, 6) is 0. The van der Waals surface area contributed by atoms with Gasteiger partial charge < -0.3 is 14.8 Å². The highest BCUT2D eigenvalue weighted by molar-refractivity contribution is 5.17. The van der Waals surface area contributed by atoms with Gasteiger partial charge in [0.15, 0.2) is 0 Å². The van der Waals surface area contributed by atoms with Gasteiger partial charge in [-0.25, -0.2) is 9.97 Å². The van der Waals surface area contributed by atoms with Crippen molar-refractivity contribution in [2.24, 2.45) is 0 Å². The number of nitrogens with one attached hydrogen (secondary N) is 1. The van der Waals surface area contributed by atoms with E-state index in [9.17, 15) is 0 Å². The number of aromatic nitrogens is 2. The largest absolute Gasteiger partial charge is 0.461 e. The molecule has 1 aromatic rings. The molecule has 0 bridgehead atoms. The van der Waals surface area contributed by atoms with Gasteiger partial charge >= 0.3 is 6.01 Å². The van der Waals surface area contributed by atoms with E-state index < -0.39 is 0 Å². The number of aryl methyl sites for hydroxylation is 1. The standard InChI is InChI=1S/C15H25N3O2/c1-11(2)16-8-13-9-17-15(18-12(13)3)20-10-14-6-4-5-7-19-14/h9,11,14,16H,4-8,10H2,1-3H3. The van der Waals surface area contributed by atoms with Crippen LogP contribution in [-0.2, 0) is 11.3 Å². The summed E-state index contributed by atoms with van der Waals surface area (Å²) in [6, 6.07) is 0.902. The molecule has 5 heteroatoms. The lowest BCUT2D eigenvalue weighted by atomic mass is 10.1. The first-order chi connectivity index (χ1) is 9.65. The highest BCUT2D eigenvalue weighted by Crippen LogP contribution is 2.14. The Labute approximate surface area is 121 Å². The van der Waals surface area contributed by atoms with Gasteiger partial charge in [0.2, 0.25) is 0 Å². The zero-order valence-corrected chi connectivity index (χ0v) is 12.7. The maximum Gasteiger partial charge on any atom is 0.316 e.